The highest BCUT2D eigenvalue weighted by Gasteiger charge is 2.43. The Morgan fingerprint density at radius 3 is 2.62 bits per heavy atom. The van der Waals surface area contributed by atoms with E-state index in [2.05, 4.69) is 30.3 Å². The van der Waals surface area contributed by atoms with Crippen molar-refractivity contribution in [3.8, 4) is 0 Å². The second-order valence-electron chi connectivity index (χ2n) is 4.18. The maximum atomic E-state index is 5.65. The zero-order chi connectivity index (χ0) is 8.67. The molecule has 0 amide bonds. The van der Waals surface area contributed by atoms with Gasteiger partial charge in [-0.1, -0.05) is 43.2 Å². The molecule has 1 aliphatic heterocycles. The van der Waals surface area contributed by atoms with Crippen LogP contribution in [-0.4, -0.2) is 6.10 Å². The molecule has 2 atom stereocenters. The molecule has 0 N–H and O–H groups in total. The fourth-order valence-electron chi connectivity index (χ4n) is 1.94. The molecule has 0 radical (unpaired) electrons. The van der Waals surface area contributed by atoms with Gasteiger partial charge in [0.25, 0.3) is 0 Å². The van der Waals surface area contributed by atoms with E-state index in [1.54, 1.807) is 0 Å². The molecule has 2 fully saturated rings. The fraction of sp³-hybridized carbons (Fsp3) is 0.500. The molecular formula is C12H14O. The summed E-state index contributed by atoms with van der Waals surface area (Å²) >= 11 is 0. The minimum Gasteiger partial charge on any atom is -0.364 e. The maximum absolute atomic E-state index is 5.65. The van der Waals surface area contributed by atoms with E-state index in [1.807, 2.05) is 0 Å². The summed E-state index contributed by atoms with van der Waals surface area (Å²) in [5.74, 6) is 0.985. The molecule has 1 saturated heterocycles. The zero-order valence-electron chi connectivity index (χ0n) is 7.65. The van der Waals surface area contributed by atoms with Gasteiger partial charge >= 0.3 is 0 Å². The molecule has 2 aliphatic rings. The minimum atomic E-state index is 0.418. The third-order valence-corrected chi connectivity index (χ3v) is 2.97. The van der Waals surface area contributed by atoms with Crippen LogP contribution in [0.1, 0.15) is 30.9 Å². The van der Waals surface area contributed by atoms with Gasteiger partial charge < -0.3 is 4.74 Å². The van der Waals surface area contributed by atoms with Gasteiger partial charge in [0, 0.05) is 0 Å². The molecule has 3 rings (SSSR count). The number of rotatable bonds is 3. The second kappa shape index (κ2) is 2.85. The van der Waals surface area contributed by atoms with Gasteiger partial charge in [-0.15, -0.1) is 0 Å². The number of hydrogen-bond donors (Lipinski definition) is 0. The van der Waals surface area contributed by atoms with Crippen molar-refractivity contribution in [3.05, 3.63) is 35.9 Å². The van der Waals surface area contributed by atoms with E-state index in [-0.39, 0.29) is 0 Å². The Labute approximate surface area is 78.7 Å². The molecule has 1 nitrogen and oxygen atoms in total. The molecule has 0 aromatic heterocycles. The summed E-state index contributed by atoms with van der Waals surface area (Å²) in [5.41, 5.74) is 1.35. The van der Waals surface area contributed by atoms with Crippen LogP contribution < -0.4 is 0 Å². The quantitative estimate of drug-likeness (QED) is 0.642. The molecule has 1 saturated carbocycles. The lowest BCUT2D eigenvalue weighted by atomic mass is 10.1. The van der Waals surface area contributed by atoms with Gasteiger partial charge in [-0.2, -0.15) is 0 Å². The highest BCUT2D eigenvalue weighted by molar-refractivity contribution is 5.22. The molecule has 0 bridgehead atoms. The van der Waals surface area contributed by atoms with Crippen LogP contribution in [0.3, 0.4) is 0 Å². The average molecular weight is 174 g/mol. The number of benzene rings is 1. The Hall–Kier alpha value is -0.820. The van der Waals surface area contributed by atoms with Gasteiger partial charge in [0.2, 0.25) is 0 Å². The van der Waals surface area contributed by atoms with E-state index in [4.69, 9.17) is 4.74 Å². The zero-order valence-corrected chi connectivity index (χ0v) is 7.65. The highest BCUT2D eigenvalue weighted by Crippen LogP contribution is 2.46. The minimum absolute atomic E-state index is 0.418. The van der Waals surface area contributed by atoms with E-state index in [0.29, 0.717) is 12.2 Å². The summed E-state index contributed by atoms with van der Waals surface area (Å²) in [4.78, 5) is 0. The monoisotopic (exact) mass is 174 g/mol. The van der Waals surface area contributed by atoms with Crippen LogP contribution in [0.5, 0.6) is 0 Å². The van der Waals surface area contributed by atoms with Crippen molar-refractivity contribution in [2.24, 2.45) is 5.92 Å². The molecule has 1 aliphatic carbocycles. The maximum Gasteiger partial charge on any atom is 0.109 e. The molecule has 68 valence electrons. The van der Waals surface area contributed by atoms with Gasteiger partial charge in [0.15, 0.2) is 0 Å². The first-order valence-electron chi connectivity index (χ1n) is 5.14. The summed E-state index contributed by atoms with van der Waals surface area (Å²) in [6.07, 6.45) is 5.11. The van der Waals surface area contributed by atoms with E-state index < -0.39 is 0 Å². The predicted octanol–water partition coefficient (Wildman–Crippen LogP) is 2.93. The van der Waals surface area contributed by atoms with Crippen molar-refractivity contribution in [3.63, 3.8) is 0 Å². The van der Waals surface area contributed by atoms with Crippen molar-refractivity contribution in [1.29, 1.82) is 0 Å². The summed E-state index contributed by atoms with van der Waals surface area (Å²) in [5, 5.41) is 0. The van der Waals surface area contributed by atoms with Gasteiger partial charge in [-0.3, -0.25) is 0 Å². The normalized spacial score (nSPS) is 31.7. The topological polar surface area (TPSA) is 12.5 Å². The van der Waals surface area contributed by atoms with E-state index in [1.165, 1.54) is 24.8 Å². The first kappa shape index (κ1) is 7.57. The summed E-state index contributed by atoms with van der Waals surface area (Å²) in [6.45, 7) is 0. The summed E-state index contributed by atoms with van der Waals surface area (Å²) in [7, 11) is 0. The lowest BCUT2D eigenvalue weighted by molar-refractivity contribution is 0.360. The number of ether oxygens (including phenoxy) is 1. The summed E-state index contributed by atoms with van der Waals surface area (Å²) in [6, 6.07) is 10.6. The van der Waals surface area contributed by atoms with Crippen LogP contribution in [0.15, 0.2) is 30.3 Å². The Morgan fingerprint density at radius 2 is 1.92 bits per heavy atom. The van der Waals surface area contributed by atoms with E-state index in [0.717, 1.165) is 5.92 Å². The predicted molar refractivity (Wildman–Crippen MR) is 51.4 cm³/mol. The molecule has 1 aromatic carbocycles. The largest absolute Gasteiger partial charge is 0.364 e. The fourth-order valence-corrected chi connectivity index (χ4v) is 1.94. The lowest BCUT2D eigenvalue weighted by Crippen LogP contribution is -1.89. The Balaban J connectivity index is 1.63. The Morgan fingerprint density at radius 1 is 1.15 bits per heavy atom. The smallest absolute Gasteiger partial charge is 0.109 e. The van der Waals surface area contributed by atoms with Crippen LogP contribution in [-0.2, 0) is 4.74 Å². The van der Waals surface area contributed by atoms with E-state index in [9.17, 15) is 0 Å². The number of hydrogen-bond acceptors (Lipinski definition) is 1. The Bertz CT molecular complexity index is 289. The Kier molecular flexibility index (Phi) is 1.66. The number of epoxide rings is 1. The van der Waals surface area contributed by atoms with Crippen molar-refractivity contribution in [1.82, 2.24) is 0 Å². The van der Waals surface area contributed by atoms with Crippen molar-refractivity contribution < 1.29 is 4.74 Å². The molecule has 1 heterocycles. The molecule has 0 spiro atoms. The van der Waals surface area contributed by atoms with Crippen LogP contribution >= 0.6 is 0 Å². The van der Waals surface area contributed by atoms with Gasteiger partial charge in [-0.25, -0.2) is 0 Å². The van der Waals surface area contributed by atoms with Crippen molar-refractivity contribution in [2.45, 2.75) is 31.5 Å². The van der Waals surface area contributed by atoms with Crippen LogP contribution in [0, 0.1) is 5.92 Å². The first-order chi connectivity index (χ1) is 6.43. The third-order valence-electron chi connectivity index (χ3n) is 2.97. The first-order valence-corrected chi connectivity index (χ1v) is 5.14. The van der Waals surface area contributed by atoms with E-state index >= 15 is 0 Å². The molecule has 1 aromatic rings. The standard InChI is InChI=1S/C12H14O/c1-2-4-10(5-3-1)12-11(13-12)8-9-6-7-9/h1-5,9,11-12H,6-8H2. The van der Waals surface area contributed by atoms with Gasteiger partial charge in [0.05, 0.1) is 6.10 Å². The lowest BCUT2D eigenvalue weighted by Gasteiger charge is -1.93. The average Bonchev–Trinajstić information content (AvgIpc) is 3.04. The van der Waals surface area contributed by atoms with Crippen LogP contribution in [0.2, 0.25) is 0 Å². The molecule has 2 unspecified atom stereocenters. The summed E-state index contributed by atoms with van der Waals surface area (Å²) < 4.78 is 5.65. The van der Waals surface area contributed by atoms with Crippen molar-refractivity contribution in [2.75, 3.05) is 0 Å². The molecule has 13 heavy (non-hydrogen) atoms. The molecule has 1 heteroatoms. The highest BCUT2D eigenvalue weighted by atomic mass is 16.6. The molecular weight excluding hydrogens is 160 g/mol. The van der Waals surface area contributed by atoms with Crippen LogP contribution in [0.25, 0.3) is 0 Å². The van der Waals surface area contributed by atoms with Gasteiger partial charge in [-0.05, 0) is 17.9 Å². The third kappa shape index (κ3) is 1.61. The van der Waals surface area contributed by atoms with Crippen molar-refractivity contribution >= 4 is 0 Å². The second-order valence-corrected chi connectivity index (χ2v) is 4.18. The van der Waals surface area contributed by atoms with Gasteiger partial charge in [0.1, 0.15) is 6.10 Å². The van der Waals surface area contributed by atoms with Crippen LogP contribution in [0.4, 0.5) is 0 Å². The SMILES string of the molecule is c1ccc(C2OC2CC2CC2)cc1.